The number of nitrogens with zero attached hydrogens (tertiary/aromatic N) is 2. The van der Waals surface area contributed by atoms with Crippen LogP contribution in [0.25, 0.3) is 0 Å². The molecule has 0 radical (unpaired) electrons. The minimum atomic E-state index is -0.502. The van der Waals surface area contributed by atoms with E-state index in [1.807, 2.05) is 60.0 Å². The predicted molar refractivity (Wildman–Crippen MR) is 126 cm³/mol. The molecule has 3 N–H and O–H groups in total. The smallest absolute Gasteiger partial charge is 0.247 e. The fraction of sp³-hybridized carbons (Fsp3) is 0.333. The fourth-order valence-electron chi connectivity index (χ4n) is 3.87. The van der Waals surface area contributed by atoms with Crippen molar-refractivity contribution in [3.05, 3.63) is 77.3 Å². The van der Waals surface area contributed by atoms with Crippen molar-refractivity contribution in [2.45, 2.75) is 31.4 Å². The van der Waals surface area contributed by atoms with Gasteiger partial charge in [0.2, 0.25) is 5.91 Å². The van der Waals surface area contributed by atoms with Crippen LogP contribution in [0.3, 0.4) is 0 Å². The summed E-state index contributed by atoms with van der Waals surface area (Å²) in [6.45, 7) is 2.17. The van der Waals surface area contributed by atoms with Crippen molar-refractivity contribution in [1.82, 2.24) is 10.3 Å². The van der Waals surface area contributed by atoms with Crippen LogP contribution >= 0.6 is 11.3 Å². The Balaban J connectivity index is 1.22. The second kappa shape index (κ2) is 10.5. The van der Waals surface area contributed by atoms with E-state index in [-0.39, 0.29) is 11.9 Å². The first-order valence-electron chi connectivity index (χ1n) is 10.7. The molecular weight excluding hydrogens is 408 g/mol. The lowest BCUT2D eigenvalue weighted by Gasteiger charge is -2.23. The predicted octanol–water partition coefficient (Wildman–Crippen LogP) is 3.62. The largest absolute Gasteiger partial charge is 0.387 e. The molecule has 0 aliphatic carbocycles. The van der Waals surface area contributed by atoms with Gasteiger partial charge in [0, 0.05) is 30.4 Å². The van der Waals surface area contributed by atoms with Crippen LogP contribution in [0.4, 0.5) is 10.8 Å². The average Bonchev–Trinajstić information content (AvgIpc) is 3.50. The Morgan fingerprint density at radius 3 is 2.74 bits per heavy atom. The number of amides is 1. The summed E-state index contributed by atoms with van der Waals surface area (Å²) in [6, 6.07) is 17.5. The maximum Gasteiger partial charge on any atom is 0.247 e. The summed E-state index contributed by atoms with van der Waals surface area (Å²) >= 11 is 1.57. The molecule has 4 rings (SSSR count). The Bertz CT molecular complexity index is 947. The van der Waals surface area contributed by atoms with Crippen LogP contribution in [0.1, 0.15) is 30.1 Å². The van der Waals surface area contributed by atoms with E-state index in [0.29, 0.717) is 6.54 Å². The highest BCUT2D eigenvalue weighted by atomic mass is 32.1. The summed E-state index contributed by atoms with van der Waals surface area (Å²) in [5.41, 5.74) is 2.92. The molecule has 0 bridgehead atoms. The molecule has 2 aromatic carbocycles. The van der Waals surface area contributed by atoms with Gasteiger partial charge in [0.25, 0.3) is 0 Å². The van der Waals surface area contributed by atoms with Gasteiger partial charge in [-0.25, -0.2) is 4.98 Å². The van der Waals surface area contributed by atoms with Crippen molar-refractivity contribution in [2.75, 3.05) is 29.9 Å². The molecule has 0 saturated carbocycles. The minimum absolute atomic E-state index is 0.0250. The van der Waals surface area contributed by atoms with Crippen LogP contribution in [-0.2, 0) is 11.2 Å². The fourth-order valence-corrected chi connectivity index (χ4v) is 4.59. The number of carbonyl (C=O) groups excluding carboxylic acids is 1. The van der Waals surface area contributed by atoms with E-state index in [2.05, 4.69) is 20.5 Å². The lowest BCUT2D eigenvalue weighted by atomic mass is 10.1. The molecule has 2 atom stereocenters. The molecule has 0 unspecified atom stereocenters. The SMILES string of the molecule is O=C(Nc1ccc(CCNC[C@H](O)c2ccccc2)cc1)[C@@H]1CCCN1c1nccs1. The van der Waals surface area contributed by atoms with E-state index in [0.717, 1.165) is 48.7 Å². The monoisotopic (exact) mass is 436 g/mol. The van der Waals surface area contributed by atoms with Crippen LogP contribution in [0, 0.1) is 0 Å². The lowest BCUT2D eigenvalue weighted by Crippen LogP contribution is -2.39. The number of nitrogens with one attached hydrogen (secondary N) is 2. The maximum atomic E-state index is 12.8. The van der Waals surface area contributed by atoms with Crippen molar-refractivity contribution >= 4 is 28.1 Å². The molecule has 1 aliphatic heterocycles. The summed E-state index contributed by atoms with van der Waals surface area (Å²) in [4.78, 5) is 19.2. The van der Waals surface area contributed by atoms with Crippen LogP contribution in [0.15, 0.2) is 66.2 Å². The lowest BCUT2D eigenvalue weighted by molar-refractivity contribution is -0.117. The zero-order valence-corrected chi connectivity index (χ0v) is 18.2. The normalized spacial score (nSPS) is 16.9. The topological polar surface area (TPSA) is 77.5 Å². The van der Waals surface area contributed by atoms with Crippen LogP contribution in [-0.4, -0.2) is 41.7 Å². The number of hydrogen-bond acceptors (Lipinski definition) is 6. The number of aliphatic hydroxyl groups excluding tert-OH is 1. The van der Waals surface area contributed by atoms with E-state index in [1.54, 1.807) is 17.5 Å². The maximum absolute atomic E-state index is 12.8. The molecule has 2 heterocycles. The van der Waals surface area contributed by atoms with Crippen LogP contribution in [0.5, 0.6) is 0 Å². The quantitative estimate of drug-likeness (QED) is 0.447. The van der Waals surface area contributed by atoms with Gasteiger partial charge in [-0.15, -0.1) is 11.3 Å². The molecule has 1 fully saturated rings. The van der Waals surface area contributed by atoms with Crippen molar-refractivity contribution in [2.24, 2.45) is 0 Å². The molecule has 7 heteroatoms. The first kappa shape index (κ1) is 21.5. The number of rotatable bonds is 9. The molecule has 0 spiro atoms. The molecule has 1 aliphatic rings. The van der Waals surface area contributed by atoms with Crippen molar-refractivity contribution in [3.8, 4) is 0 Å². The number of thiazole rings is 1. The van der Waals surface area contributed by atoms with E-state index in [9.17, 15) is 9.90 Å². The first-order valence-corrected chi connectivity index (χ1v) is 11.6. The van der Waals surface area contributed by atoms with Crippen LogP contribution < -0.4 is 15.5 Å². The Morgan fingerprint density at radius 2 is 2.00 bits per heavy atom. The second-order valence-electron chi connectivity index (χ2n) is 7.73. The van der Waals surface area contributed by atoms with Gasteiger partial charge in [-0.3, -0.25) is 4.79 Å². The molecule has 1 aromatic heterocycles. The van der Waals surface area contributed by atoms with Gasteiger partial charge >= 0.3 is 0 Å². The summed E-state index contributed by atoms with van der Waals surface area (Å²) in [6.07, 6.45) is 3.99. The number of benzene rings is 2. The van der Waals surface area contributed by atoms with Crippen LogP contribution in [0.2, 0.25) is 0 Å². The van der Waals surface area contributed by atoms with Gasteiger partial charge in [0.05, 0.1) is 6.10 Å². The van der Waals surface area contributed by atoms with Crippen molar-refractivity contribution in [1.29, 1.82) is 0 Å². The third-order valence-corrected chi connectivity index (χ3v) is 6.36. The summed E-state index contributed by atoms with van der Waals surface area (Å²) in [5.74, 6) is 0.0250. The number of aliphatic hydroxyl groups is 1. The van der Waals surface area contributed by atoms with Gasteiger partial charge in [-0.1, -0.05) is 42.5 Å². The Morgan fingerprint density at radius 1 is 1.19 bits per heavy atom. The third-order valence-electron chi connectivity index (χ3n) is 5.55. The molecule has 31 heavy (non-hydrogen) atoms. The molecule has 3 aromatic rings. The van der Waals surface area contributed by atoms with E-state index < -0.39 is 6.10 Å². The zero-order valence-electron chi connectivity index (χ0n) is 17.4. The number of aromatic nitrogens is 1. The number of carbonyl (C=O) groups is 1. The molecule has 1 saturated heterocycles. The number of hydrogen-bond donors (Lipinski definition) is 3. The average molecular weight is 437 g/mol. The van der Waals surface area contributed by atoms with Gasteiger partial charge in [0.1, 0.15) is 6.04 Å². The van der Waals surface area contributed by atoms with Gasteiger partial charge in [-0.2, -0.15) is 0 Å². The standard InChI is InChI=1S/C24H28N4O2S/c29-22(19-5-2-1-3-6-19)17-25-13-12-18-8-10-20(11-9-18)27-23(30)21-7-4-15-28(21)24-26-14-16-31-24/h1-3,5-6,8-11,14,16,21-22,25,29H,4,7,12-13,15,17H2,(H,27,30)/t21-,22-/m0/s1. The first-order chi connectivity index (χ1) is 15.2. The minimum Gasteiger partial charge on any atom is -0.387 e. The van der Waals surface area contributed by atoms with Gasteiger partial charge in [0.15, 0.2) is 5.13 Å². The van der Waals surface area contributed by atoms with Gasteiger partial charge in [-0.05, 0) is 49.1 Å². The highest BCUT2D eigenvalue weighted by molar-refractivity contribution is 7.13. The summed E-state index contributed by atoms with van der Waals surface area (Å²) < 4.78 is 0. The van der Waals surface area contributed by atoms with E-state index >= 15 is 0 Å². The van der Waals surface area contributed by atoms with E-state index in [1.165, 1.54) is 5.56 Å². The highest BCUT2D eigenvalue weighted by Gasteiger charge is 2.32. The molecule has 162 valence electrons. The Labute approximate surface area is 186 Å². The zero-order chi connectivity index (χ0) is 21.5. The molecule has 6 nitrogen and oxygen atoms in total. The number of anilines is 2. The summed E-state index contributed by atoms with van der Waals surface area (Å²) in [5, 5.41) is 19.4. The second-order valence-corrected chi connectivity index (χ2v) is 8.61. The van der Waals surface area contributed by atoms with Gasteiger partial charge < -0.3 is 20.6 Å². The Hall–Kier alpha value is -2.74. The molecular formula is C24H28N4O2S. The summed E-state index contributed by atoms with van der Waals surface area (Å²) in [7, 11) is 0. The molecule has 1 amide bonds. The third kappa shape index (κ3) is 5.70. The Kier molecular flexibility index (Phi) is 7.30. The van der Waals surface area contributed by atoms with E-state index in [4.69, 9.17) is 0 Å². The van der Waals surface area contributed by atoms with Crippen molar-refractivity contribution in [3.63, 3.8) is 0 Å². The van der Waals surface area contributed by atoms with Crippen molar-refractivity contribution < 1.29 is 9.90 Å². The highest BCUT2D eigenvalue weighted by Crippen LogP contribution is 2.28.